The Morgan fingerprint density at radius 1 is 1.00 bits per heavy atom. The SMILES string of the molecule is O=C1C(N2CCCCC2)CCN1c1ccc(O)cc1. The molecule has 2 aliphatic heterocycles. The molecule has 4 nitrogen and oxygen atoms in total. The van der Waals surface area contributed by atoms with Crippen LogP contribution in [0.3, 0.4) is 0 Å². The highest BCUT2D eigenvalue weighted by molar-refractivity contribution is 5.99. The van der Waals surface area contributed by atoms with Gasteiger partial charge in [-0.3, -0.25) is 9.69 Å². The Hall–Kier alpha value is -1.55. The summed E-state index contributed by atoms with van der Waals surface area (Å²) in [5.41, 5.74) is 0.891. The quantitative estimate of drug-likeness (QED) is 0.884. The monoisotopic (exact) mass is 260 g/mol. The molecular formula is C15H20N2O2. The van der Waals surface area contributed by atoms with Gasteiger partial charge in [-0.15, -0.1) is 0 Å². The van der Waals surface area contributed by atoms with Crippen LogP contribution in [0.4, 0.5) is 5.69 Å². The number of likely N-dealkylation sites (tertiary alicyclic amines) is 1. The molecule has 0 bridgehead atoms. The minimum absolute atomic E-state index is 0.0640. The maximum absolute atomic E-state index is 12.5. The Bertz CT molecular complexity index is 452. The van der Waals surface area contributed by atoms with Crippen molar-refractivity contribution in [2.75, 3.05) is 24.5 Å². The van der Waals surface area contributed by atoms with Gasteiger partial charge in [-0.1, -0.05) is 6.42 Å². The third kappa shape index (κ3) is 2.45. The number of piperidine rings is 1. The van der Waals surface area contributed by atoms with Crippen molar-refractivity contribution >= 4 is 11.6 Å². The number of amides is 1. The van der Waals surface area contributed by atoms with Gasteiger partial charge in [0.25, 0.3) is 0 Å². The maximum atomic E-state index is 12.5. The number of carbonyl (C=O) groups is 1. The van der Waals surface area contributed by atoms with Gasteiger partial charge in [-0.05, 0) is 56.6 Å². The lowest BCUT2D eigenvalue weighted by molar-refractivity contribution is -0.122. The smallest absolute Gasteiger partial charge is 0.244 e. The second-order valence-corrected chi connectivity index (χ2v) is 5.41. The highest BCUT2D eigenvalue weighted by Gasteiger charge is 2.36. The fourth-order valence-electron chi connectivity index (χ4n) is 3.12. The number of hydrogen-bond acceptors (Lipinski definition) is 3. The molecule has 102 valence electrons. The van der Waals surface area contributed by atoms with E-state index in [0.717, 1.165) is 31.7 Å². The minimum Gasteiger partial charge on any atom is -0.508 e. The molecule has 1 atom stereocenters. The molecule has 3 rings (SSSR count). The van der Waals surface area contributed by atoms with Crippen LogP contribution in [0, 0.1) is 0 Å². The van der Waals surface area contributed by atoms with Gasteiger partial charge in [0.1, 0.15) is 5.75 Å². The van der Waals surface area contributed by atoms with Crippen molar-refractivity contribution in [2.45, 2.75) is 31.7 Å². The third-order valence-electron chi connectivity index (χ3n) is 4.17. The largest absolute Gasteiger partial charge is 0.508 e. The van der Waals surface area contributed by atoms with Crippen molar-refractivity contribution in [3.8, 4) is 5.75 Å². The third-order valence-corrected chi connectivity index (χ3v) is 4.17. The zero-order valence-electron chi connectivity index (χ0n) is 11.1. The summed E-state index contributed by atoms with van der Waals surface area (Å²) in [6.07, 6.45) is 4.63. The Morgan fingerprint density at radius 3 is 2.37 bits per heavy atom. The van der Waals surface area contributed by atoms with E-state index >= 15 is 0 Å². The number of aromatic hydroxyl groups is 1. The van der Waals surface area contributed by atoms with Crippen LogP contribution >= 0.6 is 0 Å². The molecule has 1 N–H and O–H groups in total. The van der Waals surface area contributed by atoms with Crippen LogP contribution in [0.1, 0.15) is 25.7 Å². The van der Waals surface area contributed by atoms with Crippen LogP contribution in [0.2, 0.25) is 0 Å². The van der Waals surface area contributed by atoms with Crippen molar-refractivity contribution < 1.29 is 9.90 Å². The number of anilines is 1. The van der Waals surface area contributed by atoms with Gasteiger partial charge in [-0.25, -0.2) is 0 Å². The normalized spacial score (nSPS) is 24.9. The summed E-state index contributed by atoms with van der Waals surface area (Å²) in [6.45, 7) is 2.89. The summed E-state index contributed by atoms with van der Waals surface area (Å²) in [5, 5.41) is 9.31. The zero-order valence-corrected chi connectivity index (χ0v) is 11.1. The number of nitrogens with zero attached hydrogens (tertiary/aromatic N) is 2. The summed E-state index contributed by atoms with van der Waals surface area (Å²) in [7, 11) is 0. The van der Waals surface area contributed by atoms with Gasteiger partial charge in [0.2, 0.25) is 5.91 Å². The first-order chi connectivity index (χ1) is 9.25. The van der Waals surface area contributed by atoms with Crippen LogP contribution < -0.4 is 4.90 Å². The van der Waals surface area contributed by atoms with Crippen molar-refractivity contribution in [3.63, 3.8) is 0 Å². The van der Waals surface area contributed by atoms with E-state index in [-0.39, 0.29) is 17.7 Å². The fourth-order valence-corrected chi connectivity index (χ4v) is 3.12. The molecular weight excluding hydrogens is 240 g/mol. The van der Waals surface area contributed by atoms with Crippen LogP contribution in [-0.4, -0.2) is 41.6 Å². The number of benzene rings is 1. The molecule has 0 radical (unpaired) electrons. The molecule has 1 aromatic rings. The van der Waals surface area contributed by atoms with E-state index in [0.29, 0.717) is 0 Å². The van der Waals surface area contributed by atoms with E-state index in [1.165, 1.54) is 19.3 Å². The maximum Gasteiger partial charge on any atom is 0.244 e. The lowest BCUT2D eigenvalue weighted by atomic mass is 10.1. The Morgan fingerprint density at radius 2 is 1.68 bits per heavy atom. The topological polar surface area (TPSA) is 43.8 Å². The average molecular weight is 260 g/mol. The fraction of sp³-hybridized carbons (Fsp3) is 0.533. The first-order valence-electron chi connectivity index (χ1n) is 7.10. The second kappa shape index (κ2) is 5.21. The Labute approximate surface area is 113 Å². The number of rotatable bonds is 2. The van der Waals surface area contributed by atoms with Crippen LogP contribution in [0.5, 0.6) is 5.75 Å². The number of carbonyl (C=O) groups excluding carboxylic acids is 1. The first-order valence-corrected chi connectivity index (χ1v) is 7.10. The van der Waals surface area contributed by atoms with Crippen molar-refractivity contribution in [3.05, 3.63) is 24.3 Å². The summed E-state index contributed by atoms with van der Waals surface area (Å²) < 4.78 is 0. The van der Waals surface area contributed by atoms with E-state index < -0.39 is 0 Å². The molecule has 1 amide bonds. The molecule has 4 heteroatoms. The van der Waals surface area contributed by atoms with E-state index in [4.69, 9.17) is 0 Å². The molecule has 0 aromatic heterocycles. The molecule has 2 fully saturated rings. The Kier molecular flexibility index (Phi) is 3.42. The molecule has 2 aliphatic rings. The zero-order chi connectivity index (χ0) is 13.2. The van der Waals surface area contributed by atoms with E-state index in [2.05, 4.69) is 4.90 Å². The molecule has 1 aromatic carbocycles. The molecule has 0 spiro atoms. The molecule has 2 saturated heterocycles. The summed E-state index contributed by atoms with van der Waals surface area (Å²) in [5.74, 6) is 0.454. The summed E-state index contributed by atoms with van der Waals surface area (Å²) in [4.78, 5) is 16.7. The number of phenolic OH excluding ortho intramolecular Hbond substituents is 1. The average Bonchev–Trinajstić information content (AvgIpc) is 2.83. The standard InChI is InChI=1S/C15H20N2O2/c18-13-6-4-12(5-7-13)17-11-8-14(15(17)19)16-9-2-1-3-10-16/h4-7,14,18H,1-3,8-11H2. The van der Waals surface area contributed by atoms with E-state index in [9.17, 15) is 9.90 Å². The van der Waals surface area contributed by atoms with Gasteiger partial charge in [0.15, 0.2) is 0 Å². The molecule has 1 unspecified atom stereocenters. The van der Waals surface area contributed by atoms with Gasteiger partial charge in [0, 0.05) is 12.2 Å². The number of hydrogen-bond donors (Lipinski definition) is 1. The molecule has 0 aliphatic carbocycles. The summed E-state index contributed by atoms with van der Waals surface area (Å²) >= 11 is 0. The predicted octanol–water partition coefficient (Wildman–Crippen LogP) is 1.98. The lowest BCUT2D eigenvalue weighted by Gasteiger charge is -2.31. The first kappa shape index (κ1) is 12.5. The molecule has 0 saturated carbocycles. The van der Waals surface area contributed by atoms with Crippen molar-refractivity contribution in [2.24, 2.45) is 0 Å². The number of phenols is 1. The van der Waals surface area contributed by atoms with E-state index in [1.807, 2.05) is 17.0 Å². The second-order valence-electron chi connectivity index (χ2n) is 5.41. The lowest BCUT2D eigenvalue weighted by Crippen LogP contribution is -2.44. The highest BCUT2D eigenvalue weighted by atomic mass is 16.3. The van der Waals surface area contributed by atoms with Gasteiger partial charge >= 0.3 is 0 Å². The van der Waals surface area contributed by atoms with Gasteiger partial charge in [0.05, 0.1) is 6.04 Å². The van der Waals surface area contributed by atoms with Crippen molar-refractivity contribution in [1.82, 2.24) is 4.90 Å². The molecule has 19 heavy (non-hydrogen) atoms. The van der Waals surface area contributed by atoms with Crippen LogP contribution in [0.15, 0.2) is 24.3 Å². The van der Waals surface area contributed by atoms with Gasteiger partial charge < -0.3 is 10.0 Å². The van der Waals surface area contributed by atoms with Gasteiger partial charge in [-0.2, -0.15) is 0 Å². The molecule has 2 heterocycles. The minimum atomic E-state index is 0.0640. The van der Waals surface area contributed by atoms with Crippen molar-refractivity contribution in [1.29, 1.82) is 0 Å². The summed E-state index contributed by atoms with van der Waals surface area (Å²) in [6, 6.07) is 6.96. The predicted molar refractivity (Wildman–Crippen MR) is 74.3 cm³/mol. The van der Waals surface area contributed by atoms with Crippen LogP contribution in [-0.2, 0) is 4.79 Å². The van der Waals surface area contributed by atoms with Crippen LogP contribution in [0.25, 0.3) is 0 Å². The Balaban J connectivity index is 1.72. The van der Waals surface area contributed by atoms with E-state index in [1.54, 1.807) is 12.1 Å². The highest BCUT2D eigenvalue weighted by Crippen LogP contribution is 2.27.